The van der Waals surface area contributed by atoms with Gasteiger partial charge in [0.1, 0.15) is 22.9 Å². The molecular formula is C10H14N2O3S. The molecule has 1 aromatic heterocycles. The first-order chi connectivity index (χ1) is 7.42. The first-order valence-corrected chi connectivity index (χ1v) is 5.64. The summed E-state index contributed by atoms with van der Waals surface area (Å²) in [5, 5.41) is 4.73. The lowest BCUT2D eigenvalue weighted by Gasteiger charge is -2.20. The number of rotatable bonds is 3. The number of nitrogens with one attached hydrogen (secondary N) is 1. The van der Waals surface area contributed by atoms with Gasteiger partial charge in [0.15, 0.2) is 0 Å². The van der Waals surface area contributed by atoms with Gasteiger partial charge in [0.25, 0.3) is 0 Å². The van der Waals surface area contributed by atoms with Crippen molar-refractivity contribution in [1.82, 2.24) is 10.3 Å². The Morgan fingerprint density at radius 3 is 2.75 bits per heavy atom. The summed E-state index contributed by atoms with van der Waals surface area (Å²) in [6.45, 7) is 5.27. The monoisotopic (exact) mass is 242 g/mol. The average Bonchev–Trinajstić information content (AvgIpc) is 2.63. The van der Waals surface area contributed by atoms with E-state index in [2.05, 4.69) is 10.3 Å². The molecule has 0 aromatic carbocycles. The zero-order valence-corrected chi connectivity index (χ0v) is 10.2. The van der Waals surface area contributed by atoms with Crippen molar-refractivity contribution in [3.63, 3.8) is 0 Å². The van der Waals surface area contributed by atoms with Gasteiger partial charge >= 0.3 is 6.09 Å². The van der Waals surface area contributed by atoms with Crippen LogP contribution in [0, 0.1) is 0 Å². The second-order valence-electron chi connectivity index (χ2n) is 4.13. The van der Waals surface area contributed by atoms with E-state index >= 15 is 0 Å². The van der Waals surface area contributed by atoms with Crippen LogP contribution in [0.25, 0.3) is 0 Å². The Labute approximate surface area is 97.8 Å². The zero-order valence-electron chi connectivity index (χ0n) is 9.39. The number of amides is 1. The van der Waals surface area contributed by atoms with Gasteiger partial charge in [-0.05, 0) is 20.8 Å². The summed E-state index contributed by atoms with van der Waals surface area (Å²) in [6, 6.07) is -0.741. The molecule has 0 aliphatic rings. The quantitative estimate of drug-likeness (QED) is 0.822. The van der Waals surface area contributed by atoms with Gasteiger partial charge < -0.3 is 14.8 Å². The van der Waals surface area contributed by atoms with Crippen LogP contribution >= 0.6 is 11.3 Å². The number of aldehydes is 1. The van der Waals surface area contributed by atoms with E-state index < -0.39 is 17.7 Å². The Balaban J connectivity index is 2.58. The van der Waals surface area contributed by atoms with Crippen molar-refractivity contribution in [2.75, 3.05) is 0 Å². The highest BCUT2D eigenvalue weighted by Gasteiger charge is 2.21. The second kappa shape index (κ2) is 5.07. The van der Waals surface area contributed by atoms with E-state index in [1.54, 1.807) is 32.3 Å². The molecule has 1 unspecified atom stereocenters. The van der Waals surface area contributed by atoms with Gasteiger partial charge in [-0.25, -0.2) is 9.78 Å². The standard InChI is InChI=1S/C10H14N2O3S/c1-10(2,3)15-9(14)12-7(6-13)8-11-4-5-16-8/h4-7H,1-3H3,(H,12,14). The van der Waals surface area contributed by atoms with Crippen LogP contribution in [0.4, 0.5) is 4.79 Å². The van der Waals surface area contributed by atoms with Gasteiger partial charge in [-0.1, -0.05) is 0 Å². The topological polar surface area (TPSA) is 68.3 Å². The third-order valence-electron chi connectivity index (χ3n) is 1.53. The molecule has 1 rings (SSSR count). The summed E-state index contributed by atoms with van der Waals surface area (Å²) in [5.74, 6) is 0. The van der Waals surface area contributed by atoms with E-state index in [4.69, 9.17) is 4.74 Å². The van der Waals surface area contributed by atoms with Crippen molar-refractivity contribution in [3.05, 3.63) is 16.6 Å². The third-order valence-corrected chi connectivity index (χ3v) is 2.38. The normalized spacial score (nSPS) is 12.9. The lowest BCUT2D eigenvalue weighted by Crippen LogP contribution is -2.35. The highest BCUT2D eigenvalue weighted by Crippen LogP contribution is 2.14. The summed E-state index contributed by atoms with van der Waals surface area (Å²) in [7, 11) is 0. The molecular weight excluding hydrogens is 228 g/mol. The molecule has 1 atom stereocenters. The number of alkyl carbamates (subject to hydrolysis) is 1. The Morgan fingerprint density at radius 1 is 1.62 bits per heavy atom. The maximum atomic E-state index is 11.4. The van der Waals surface area contributed by atoms with Gasteiger partial charge in [-0.3, -0.25) is 0 Å². The zero-order chi connectivity index (χ0) is 12.2. The minimum Gasteiger partial charge on any atom is -0.444 e. The number of ether oxygens (including phenoxy) is 1. The molecule has 0 spiro atoms. The highest BCUT2D eigenvalue weighted by molar-refractivity contribution is 7.09. The first-order valence-electron chi connectivity index (χ1n) is 4.76. The Bertz CT molecular complexity index is 357. The molecule has 0 bridgehead atoms. The van der Waals surface area contributed by atoms with Gasteiger partial charge in [-0.15, -0.1) is 11.3 Å². The summed E-state index contributed by atoms with van der Waals surface area (Å²) in [4.78, 5) is 26.2. The van der Waals surface area contributed by atoms with Gasteiger partial charge in [0.2, 0.25) is 0 Å². The summed E-state index contributed by atoms with van der Waals surface area (Å²) < 4.78 is 5.04. The fraction of sp³-hybridized carbons (Fsp3) is 0.500. The lowest BCUT2D eigenvalue weighted by molar-refractivity contribution is -0.109. The smallest absolute Gasteiger partial charge is 0.408 e. The SMILES string of the molecule is CC(C)(C)OC(=O)NC(C=O)c1nccs1. The molecule has 6 heteroatoms. The molecule has 1 aromatic rings. The number of aromatic nitrogens is 1. The average molecular weight is 242 g/mol. The van der Waals surface area contributed by atoms with Crippen molar-refractivity contribution in [1.29, 1.82) is 0 Å². The molecule has 1 N–H and O–H groups in total. The Hall–Kier alpha value is -1.43. The maximum Gasteiger partial charge on any atom is 0.408 e. The Kier molecular flexibility index (Phi) is 4.00. The van der Waals surface area contributed by atoms with E-state index in [1.165, 1.54) is 11.3 Å². The Morgan fingerprint density at radius 2 is 2.31 bits per heavy atom. The molecule has 0 aliphatic heterocycles. The van der Waals surface area contributed by atoms with E-state index in [9.17, 15) is 9.59 Å². The third kappa shape index (κ3) is 3.98. The maximum absolute atomic E-state index is 11.4. The van der Waals surface area contributed by atoms with Crippen LogP contribution in [0.15, 0.2) is 11.6 Å². The summed E-state index contributed by atoms with van der Waals surface area (Å²) >= 11 is 1.30. The molecule has 16 heavy (non-hydrogen) atoms. The molecule has 1 amide bonds. The molecule has 5 nitrogen and oxygen atoms in total. The molecule has 0 fully saturated rings. The van der Waals surface area contributed by atoms with E-state index in [-0.39, 0.29) is 0 Å². The van der Waals surface area contributed by atoms with E-state index in [1.807, 2.05) is 0 Å². The number of thiazole rings is 1. The van der Waals surface area contributed by atoms with Crippen LogP contribution in [0.2, 0.25) is 0 Å². The second-order valence-corrected chi connectivity index (χ2v) is 5.06. The minimum atomic E-state index is -0.741. The van der Waals surface area contributed by atoms with Crippen LogP contribution in [0.5, 0.6) is 0 Å². The van der Waals surface area contributed by atoms with Gasteiger partial charge in [-0.2, -0.15) is 0 Å². The van der Waals surface area contributed by atoms with E-state index in [0.717, 1.165) is 0 Å². The van der Waals surface area contributed by atoms with Crippen molar-refractivity contribution in [2.45, 2.75) is 32.4 Å². The lowest BCUT2D eigenvalue weighted by atomic mass is 10.2. The minimum absolute atomic E-state index is 0.542. The van der Waals surface area contributed by atoms with Crippen LogP contribution < -0.4 is 5.32 Å². The van der Waals surface area contributed by atoms with E-state index in [0.29, 0.717) is 11.3 Å². The number of hydrogen-bond donors (Lipinski definition) is 1. The predicted octanol–water partition coefficient (Wildman–Crippen LogP) is 1.91. The van der Waals surface area contributed by atoms with Gasteiger partial charge in [0, 0.05) is 11.6 Å². The van der Waals surface area contributed by atoms with Crippen molar-refractivity contribution >= 4 is 23.7 Å². The summed E-state index contributed by atoms with van der Waals surface area (Å²) in [5.41, 5.74) is -0.583. The van der Waals surface area contributed by atoms with Crippen molar-refractivity contribution in [2.24, 2.45) is 0 Å². The fourth-order valence-electron chi connectivity index (χ4n) is 0.977. The number of hydrogen-bond acceptors (Lipinski definition) is 5. The number of carbonyl (C=O) groups is 2. The number of carbonyl (C=O) groups excluding carboxylic acids is 2. The molecule has 0 radical (unpaired) electrons. The predicted molar refractivity (Wildman–Crippen MR) is 60.3 cm³/mol. The molecule has 0 aliphatic carbocycles. The van der Waals surface area contributed by atoms with Crippen LogP contribution in [-0.4, -0.2) is 23.0 Å². The molecule has 0 saturated heterocycles. The van der Waals surface area contributed by atoms with Crippen LogP contribution in [0.3, 0.4) is 0 Å². The molecule has 88 valence electrons. The highest BCUT2D eigenvalue weighted by atomic mass is 32.1. The molecule has 1 heterocycles. The van der Waals surface area contributed by atoms with Crippen molar-refractivity contribution in [3.8, 4) is 0 Å². The van der Waals surface area contributed by atoms with Crippen LogP contribution in [-0.2, 0) is 9.53 Å². The fourth-order valence-corrected chi connectivity index (χ4v) is 1.62. The number of nitrogens with zero attached hydrogens (tertiary/aromatic N) is 1. The van der Waals surface area contributed by atoms with Crippen LogP contribution in [0.1, 0.15) is 31.8 Å². The largest absolute Gasteiger partial charge is 0.444 e. The first kappa shape index (κ1) is 12.6. The molecule has 0 saturated carbocycles. The van der Waals surface area contributed by atoms with Crippen molar-refractivity contribution < 1.29 is 14.3 Å². The van der Waals surface area contributed by atoms with Gasteiger partial charge in [0.05, 0.1) is 0 Å². The summed E-state index contributed by atoms with van der Waals surface area (Å²) in [6.07, 6.45) is 1.58.